The van der Waals surface area contributed by atoms with Gasteiger partial charge in [-0.2, -0.15) is 20.6 Å². The molecule has 26 heavy (non-hydrogen) atoms. The topological polar surface area (TPSA) is 137 Å². The van der Waals surface area contributed by atoms with Gasteiger partial charge in [0.05, 0.1) is 23.6 Å². The Kier molecular flexibility index (Phi) is 5.95. The van der Waals surface area contributed by atoms with Crippen LogP contribution in [0, 0.1) is 11.3 Å². The van der Waals surface area contributed by atoms with Crippen LogP contribution < -0.4 is 16.1 Å². The first kappa shape index (κ1) is 18.5. The van der Waals surface area contributed by atoms with Crippen molar-refractivity contribution in [1.82, 2.24) is 15.6 Å². The quantitative estimate of drug-likeness (QED) is 0.464. The molecule has 0 atom stereocenters. The van der Waals surface area contributed by atoms with Gasteiger partial charge in [0.15, 0.2) is 5.84 Å². The third-order valence-electron chi connectivity index (χ3n) is 3.52. The summed E-state index contributed by atoms with van der Waals surface area (Å²) in [7, 11) is 0. The number of hydrogen-bond acceptors (Lipinski definition) is 6. The highest BCUT2D eigenvalue weighted by Crippen LogP contribution is 2.21. The molecule has 0 saturated carbocycles. The molecule has 2 amide bonds. The maximum absolute atomic E-state index is 12.2. The predicted molar refractivity (Wildman–Crippen MR) is 95.1 cm³/mol. The van der Waals surface area contributed by atoms with E-state index in [1.165, 1.54) is 36.4 Å². The number of rotatable bonds is 5. The second kappa shape index (κ2) is 8.34. The number of nitrogens with zero attached hydrogens (tertiary/aromatic N) is 5. The zero-order valence-corrected chi connectivity index (χ0v) is 14.3. The molecule has 1 aromatic heterocycles. The highest BCUT2D eigenvalue weighted by molar-refractivity contribution is 6.00. The molecular formula is C17H17N7O2. The molecule has 0 bridgehead atoms. The predicted octanol–water partition coefficient (Wildman–Crippen LogP) is 0.771. The number of hydrogen-bond donors (Lipinski definition) is 2. The molecule has 2 rings (SSSR count). The number of hydrazone groups is 1. The number of carbonyl (C=O) groups excluding carboxylic acids is 2. The fourth-order valence-electron chi connectivity index (χ4n) is 2.25. The second-order valence-corrected chi connectivity index (χ2v) is 5.18. The summed E-state index contributed by atoms with van der Waals surface area (Å²) in [6.07, 6.45) is 2.86. The summed E-state index contributed by atoms with van der Waals surface area (Å²) in [5, 5.41) is 20.4. The smallest absolute Gasteiger partial charge is 0.271 e. The number of anilines is 1. The van der Waals surface area contributed by atoms with E-state index in [0.717, 1.165) is 0 Å². The van der Waals surface area contributed by atoms with Gasteiger partial charge in [-0.15, -0.1) is 0 Å². The second-order valence-electron chi connectivity index (χ2n) is 5.18. The van der Waals surface area contributed by atoms with E-state index in [2.05, 4.69) is 20.7 Å². The summed E-state index contributed by atoms with van der Waals surface area (Å²) in [6.45, 7) is 3.63. The van der Waals surface area contributed by atoms with Gasteiger partial charge in [0.25, 0.3) is 5.91 Å². The summed E-state index contributed by atoms with van der Waals surface area (Å²) in [5.74, 6) is -0.660. The molecular weight excluding hydrogens is 334 g/mol. The van der Waals surface area contributed by atoms with Crippen LogP contribution in [0.4, 0.5) is 5.69 Å². The number of carbonyl (C=O) groups is 2. The molecule has 3 N–H and O–H groups in total. The molecule has 0 aliphatic heterocycles. The molecule has 1 heterocycles. The van der Waals surface area contributed by atoms with E-state index in [1.807, 2.05) is 6.07 Å². The van der Waals surface area contributed by atoms with Crippen LogP contribution in [0.5, 0.6) is 0 Å². The zero-order valence-electron chi connectivity index (χ0n) is 14.3. The first-order valence-electron chi connectivity index (χ1n) is 7.70. The normalized spacial score (nSPS) is 10.7. The molecule has 2 aromatic rings. The number of nitriles is 1. The number of amidine groups is 1. The molecule has 1 aromatic carbocycles. The average Bonchev–Trinajstić information content (AvgIpc) is 2.67. The van der Waals surface area contributed by atoms with Crippen LogP contribution >= 0.6 is 0 Å². The Balaban J connectivity index is 2.22. The van der Waals surface area contributed by atoms with E-state index >= 15 is 0 Å². The van der Waals surface area contributed by atoms with Crippen molar-refractivity contribution in [3.63, 3.8) is 0 Å². The van der Waals surface area contributed by atoms with Crippen molar-refractivity contribution < 1.29 is 9.59 Å². The summed E-state index contributed by atoms with van der Waals surface area (Å²) in [5.41, 5.74) is 9.47. The standard InChI is InChI=1S/C17H17N7O2/c1-3-24(11(2)25)15-5-4-12(8-14(15)9-18)17(26)23-22-16(19)13-6-7-20-21-10-13/h4-8,10H,3H2,1-2H3,(H2,19,22)(H,23,26). The molecule has 0 spiro atoms. The third kappa shape index (κ3) is 4.18. The molecule has 0 saturated heterocycles. The van der Waals surface area contributed by atoms with E-state index in [-0.39, 0.29) is 22.9 Å². The maximum atomic E-state index is 12.2. The van der Waals surface area contributed by atoms with Gasteiger partial charge in [-0.05, 0) is 31.2 Å². The molecule has 0 radical (unpaired) electrons. The van der Waals surface area contributed by atoms with Crippen molar-refractivity contribution in [1.29, 1.82) is 5.26 Å². The van der Waals surface area contributed by atoms with Crippen LogP contribution in [-0.2, 0) is 4.79 Å². The monoisotopic (exact) mass is 351 g/mol. The Morgan fingerprint density at radius 2 is 2.08 bits per heavy atom. The summed E-state index contributed by atoms with van der Waals surface area (Å²) in [6, 6.07) is 8.06. The molecule has 9 heteroatoms. The number of benzene rings is 1. The van der Waals surface area contributed by atoms with Gasteiger partial charge in [0.2, 0.25) is 5.91 Å². The minimum Gasteiger partial charge on any atom is -0.382 e. The van der Waals surface area contributed by atoms with E-state index < -0.39 is 5.91 Å². The Labute approximate surface area is 150 Å². The third-order valence-corrected chi connectivity index (χ3v) is 3.52. The Bertz CT molecular complexity index is 888. The van der Waals surface area contributed by atoms with Crippen molar-refractivity contribution in [2.45, 2.75) is 13.8 Å². The first-order chi connectivity index (χ1) is 12.5. The van der Waals surface area contributed by atoms with Crippen LogP contribution in [0.25, 0.3) is 0 Å². The summed E-state index contributed by atoms with van der Waals surface area (Å²) >= 11 is 0. The van der Waals surface area contributed by atoms with E-state index in [9.17, 15) is 14.9 Å². The van der Waals surface area contributed by atoms with Crippen LogP contribution in [0.15, 0.2) is 41.8 Å². The van der Waals surface area contributed by atoms with Gasteiger partial charge < -0.3 is 10.6 Å². The van der Waals surface area contributed by atoms with Gasteiger partial charge in [-0.1, -0.05) is 0 Å². The minimum atomic E-state index is -0.538. The molecule has 0 aliphatic carbocycles. The number of aromatic nitrogens is 2. The van der Waals surface area contributed by atoms with Crippen molar-refractivity contribution >= 4 is 23.3 Å². The lowest BCUT2D eigenvalue weighted by Gasteiger charge is -2.20. The van der Waals surface area contributed by atoms with Crippen LogP contribution in [-0.4, -0.2) is 34.4 Å². The van der Waals surface area contributed by atoms with Gasteiger partial charge in [0, 0.05) is 24.6 Å². The Morgan fingerprint density at radius 1 is 1.31 bits per heavy atom. The fraction of sp³-hybridized carbons (Fsp3) is 0.176. The Morgan fingerprint density at radius 3 is 2.65 bits per heavy atom. The largest absolute Gasteiger partial charge is 0.382 e. The maximum Gasteiger partial charge on any atom is 0.271 e. The number of amides is 2. The van der Waals surface area contributed by atoms with Crippen molar-refractivity contribution in [3.8, 4) is 6.07 Å². The van der Waals surface area contributed by atoms with Gasteiger partial charge in [-0.3, -0.25) is 9.59 Å². The summed E-state index contributed by atoms with van der Waals surface area (Å²) < 4.78 is 0. The van der Waals surface area contributed by atoms with Gasteiger partial charge in [-0.25, -0.2) is 5.43 Å². The van der Waals surface area contributed by atoms with Crippen LogP contribution in [0.3, 0.4) is 0 Å². The van der Waals surface area contributed by atoms with Crippen molar-refractivity contribution in [2.75, 3.05) is 11.4 Å². The van der Waals surface area contributed by atoms with Crippen molar-refractivity contribution in [2.24, 2.45) is 10.8 Å². The minimum absolute atomic E-state index is 0.0686. The fourth-order valence-corrected chi connectivity index (χ4v) is 2.25. The first-order valence-corrected chi connectivity index (χ1v) is 7.70. The number of nitrogens with one attached hydrogen (secondary N) is 1. The van der Waals surface area contributed by atoms with E-state index in [0.29, 0.717) is 17.8 Å². The number of nitrogens with two attached hydrogens (primary N) is 1. The van der Waals surface area contributed by atoms with Crippen molar-refractivity contribution in [3.05, 3.63) is 53.3 Å². The average molecular weight is 351 g/mol. The van der Waals surface area contributed by atoms with Crippen LogP contribution in [0.1, 0.15) is 35.3 Å². The summed E-state index contributed by atoms with van der Waals surface area (Å²) in [4.78, 5) is 25.4. The zero-order chi connectivity index (χ0) is 19.1. The lowest BCUT2D eigenvalue weighted by Crippen LogP contribution is -2.29. The molecule has 132 valence electrons. The Hall–Kier alpha value is -3.80. The molecule has 0 unspecified atom stereocenters. The highest BCUT2D eigenvalue weighted by atomic mass is 16.2. The molecule has 0 fully saturated rings. The van der Waals surface area contributed by atoms with E-state index in [4.69, 9.17) is 5.73 Å². The van der Waals surface area contributed by atoms with Gasteiger partial charge in [0.1, 0.15) is 6.07 Å². The molecule has 0 aliphatic rings. The van der Waals surface area contributed by atoms with Gasteiger partial charge >= 0.3 is 0 Å². The lowest BCUT2D eigenvalue weighted by atomic mass is 10.1. The SMILES string of the molecule is CCN(C(C)=O)c1ccc(C(=O)N/N=C(\N)c2ccnnc2)cc1C#N. The highest BCUT2D eigenvalue weighted by Gasteiger charge is 2.16. The van der Waals surface area contributed by atoms with Crippen LogP contribution in [0.2, 0.25) is 0 Å². The lowest BCUT2D eigenvalue weighted by molar-refractivity contribution is -0.116. The van der Waals surface area contributed by atoms with E-state index in [1.54, 1.807) is 19.1 Å². The molecule has 9 nitrogen and oxygen atoms in total.